The predicted molar refractivity (Wildman–Crippen MR) is 263 cm³/mol. The molecule has 5 fully saturated rings. The van der Waals surface area contributed by atoms with Crippen LogP contribution in [0.2, 0.25) is 0 Å². The van der Waals surface area contributed by atoms with E-state index in [0.29, 0.717) is 74.8 Å². The number of halogens is 2. The van der Waals surface area contributed by atoms with Gasteiger partial charge in [0.15, 0.2) is 5.60 Å². The fourth-order valence-corrected chi connectivity index (χ4v) is 11.9. The van der Waals surface area contributed by atoms with Crippen molar-refractivity contribution in [1.82, 2.24) is 40.4 Å². The first-order chi connectivity index (χ1) is 34.6. The Hall–Kier alpha value is -5.82. The number of rotatable bonds is 10. The molecule has 6 bridgehead atoms. The lowest BCUT2D eigenvalue weighted by atomic mass is 9.84. The van der Waals surface area contributed by atoms with E-state index in [1.54, 1.807) is 24.3 Å². The highest BCUT2D eigenvalue weighted by Crippen LogP contribution is 2.43. The average molecular weight is 993 g/mol. The molecule has 6 aliphatic rings. The molecule has 4 amide bonds. The first-order valence-electron chi connectivity index (χ1n) is 25.7. The summed E-state index contributed by atoms with van der Waals surface area (Å²) >= 11 is 0. The van der Waals surface area contributed by atoms with Gasteiger partial charge in [0.05, 0.1) is 36.7 Å². The van der Waals surface area contributed by atoms with E-state index in [0.717, 1.165) is 46.3 Å². The highest BCUT2D eigenvalue weighted by Gasteiger charge is 2.57. The molecule has 2 aromatic carbocycles. The molecule has 1 saturated carbocycles. The molecule has 1 spiro atoms. The van der Waals surface area contributed by atoms with Crippen LogP contribution in [0.15, 0.2) is 54.7 Å². The lowest BCUT2D eigenvalue weighted by Crippen LogP contribution is -2.62. The number of carbonyl (C=O) groups excluding carboxylic acids is 5. The number of cyclic esters (lactones) is 1. The molecule has 5 aliphatic heterocycles. The molecule has 0 radical (unpaired) electrons. The normalized spacial score (nSPS) is 25.6. The molecule has 0 unspecified atom stereocenters. The Balaban J connectivity index is 1.05. The van der Waals surface area contributed by atoms with Crippen LogP contribution < -0.4 is 16.1 Å². The van der Waals surface area contributed by atoms with Crippen LogP contribution in [0, 0.1) is 11.3 Å². The van der Waals surface area contributed by atoms with Gasteiger partial charge in [-0.1, -0.05) is 44.9 Å². The second-order valence-corrected chi connectivity index (χ2v) is 21.4. The maximum Gasteiger partial charge on any atom is 0.324 e. The summed E-state index contributed by atoms with van der Waals surface area (Å²) in [6, 6.07) is 11.1. The van der Waals surface area contributed by atoms with E-state index in [-0.39, 0.29) is 68.3 Å². The van der Waals surface area contributed by atoms with Crippen molar-refractivity contribution < 1.29 is 47.0 Å². The number of likely N-dealkylation sites (tertiary alicyclic amines) is 1. The van der Waals surface area contributed by atoms with E-state index in [2.05, 4.69) is 27.6 Å². The number of amides is 4. The minimum Gasteiger partial charge on any atom is -0.464 e. The molecule has 6 atom stereocenters. The summed E-state index contributed by atoms with van der Waals surface area (Å²) in [5, 5.41) is 8.29. The topological polar surface area (TPSA) is 187 Å². The third kappa shape index (κ3) is 9.50. The van der Waals surface area contributed by atoms with E-state index in [4.69, 9.17) is 19.2 Å². The Labute approximate surface area is 418 Å². The van der Waals surface area contributed by atoms with Gasteiger partial charge in [0, 0.05) is 79.8 Å². The quantitative estimate of drug-likeness (QED) is 0.125. The standard InChI is InChI=1S/C54H66F2N8O8/c1-6-62-43-16-15-34-25-38(43)39(46(62)37-13-9-18-57-44(37)31(2)70-5)26-53(3,4)29-71-51(68)40-14-10-19-64(60-40)50(67)41(23-32-21-35(34)24-36(22-32)47(55)56)59-48(65)45(33-11-7-8-12-33)63-30-72-54(52(63)69)17-20-61(28-54)49(66)42-27-58-42/h9,13,15-16,18,21-22,24-25,31,33,40-42,45,47,58,60H,6-8,10-12,14,17,19-20,23,26-30H2,1-5H3,(H,59,65)/t31-,40-,41-,42+,45-,54-/m0/s1. The molecular formula is C54H66F2N8O8. The second-order valence-electron chi connectivity index (χ2n) is 21.4. The average Bonchev–Trinajstić information content (AvgIpc) is 3.63. The number of hydrogen-bond donors (Lipinski definition) is 3. The zero-order chi connectivity index (χ0) is 50.6. The van der Waals surface area contributed by atoms with E-state index in [1.165, 1.54) is 22.0 Å². The van der Waals surface area contributed by atoms with Crippen LogP contribution in [-0.4, -0.2) is 130 Å². The van der Waals surface area contributed by atoms with Crippen LogP contribution in [0.1, 0.15) is 108 Å². The molecule has 10 rings (SSSR count). The van der Waals surface area contributed by atoms with Gasteiger partial charge in [0.1, 0.15) is 24.9 Å². The largest absolute Gasteiger partial charge is 0.464 e. The maximum absolute atomic E-state index is 15.1. The van der Waals surface area contributed by atoms with Gasteiger partial charge in [-0.05, 0) is 104 Å². The number of aryl methyl sites for hydroxylation is 1. The predicted octanol–water partition coefficient (Wildman–Crippen LogP) is 6.00. The lowest BCUT2D eigenvalue weighted by molar-refractivity contribution is -0.155. The number of aromatic nitrogens is 2. The molecule has 4 saturated heterocycles. The lowest BCUT2D eigenvalue weighted by Gasteiger charge is -2.37. The number of benzene rings is 2. The van der Waals surface area contributed by atoms with Gasteiger partial charge in [0.25, 0.3) is 18.2 Å². The molecular weight excluding hydrogens is 927 g/mol. The fraction of sp³-hybridized carbons (Fsp3) is 0.556. The number of esters is 1. The maximum atomic E-state index is 15.1. The Morgan fingerprint density at radius 1 is 1.01 bits per heavy atom. The first kappa shape index (κ1) is 49.7. The molecule has 384 valence electrons. The number of fused-ring (bicyclic) bond motifs is 6. The van der Waals surface area contributed by atoms with Crippen molar-refractivity contribution in [2.24, 2.45) is 11.3 Å². The van der Waals surface area contributed by atoms with Gasteiger partial charge in [-0.15, -0.1) is 0 Å². The Bertz CT molecular complexity index is 2770. The fourth-order valence-electron chi connectivity index (χ4n) is 11.9. The number of hydrogen-bond acceptors (Lipinski definition) is 11. The second kappa shape index (κ2) is 19.9. The summed E-state index contributed by atoms with van der Waals surface area (Å²) in [6.07, 6.45) is 3.03. The van der Waals surface area contributed by atoms with Crippen LogP contribution in [0.5, 0.6) is 0 Å². The van der Waals surface area contributed by atoms with E-state index in [1.807, 2.05) is 51.1 Å². The number of nitrogens with zero attached hydrogens (tertiary/aromatic N) is 5. The summed E-state index contributed by atoms with van der Waals surface area (Å²) in [4.78, 5) is 79.6. The third-order valence-corrected chi connectivity index (χ3v) is 15.8. The molecule has 16 nitrogen and oxygen atoms in total. The van der Waals surface area contributed by atoms with Crippen LogP contribution in [0.3, 0.4) is 0 Å². The van der Waals surface area contributed by atoms with Crippen molar-refractivity contribution in [3.05, 3.63) is 77.1 Å². The number of carbonyl (C=O) groups is 5. The van der Waals surface area contributed by atoms with Gasteiger partial charge in [-0.2, -0.15) is 0 Å². The Kier molecular flexibility index (Phi) is 13.7. The van der Waals surface area contributed by atoms with Crippen molar-refractivity contribution in [2.45, 2.75) is 134 Å². The van der Waals surface area contributed by atoms with Crippen LogP contribution in [0.25, 0.3) is 33.3 Å². The van der Waals surface area contributed by atoms with E-state index < -0.39 is 53.4 Å². The summed E-state index contributed by atoms with van der Waals surface area (Å²) < 4.78 is 50.7. The van der Waals surface area contributed by atoms with Crippen LogP contribution in [-0.2, 0) is 57.6 Å². The third-order valence-electron chi connectivity index (χ3n) is 15.8. The van der Waals surface area contributed by atoms with Gasteiger partial charge in [-0.25, -0.2) is 14.2 Å². The van der Waals surface area contributed by atoms with E-state index >= 15 is 13.6 Å². The molecule has 2 aromatic heterocycles. The molecule has 7 heterocycles. The zero-order valence-corrected chi connectivity index (χ0v) is 41.8. The SMILES string of the molecule is CCn1c(-c2cccnc2[C@H](C)OC)c2c3cc(ccc31)-c1cc(cc(C(F)F)c1)C[C@H](NC(=O)[C@H](C1CCCC1)N1CO[C@]3(CCN(C(=O)[C@H]4CN4)C3)C1=O)C(=O)N1CCC[C@H](N1)C(=O)OCC(C)(C)C2. The molecule has 18 heteroatoms. The summed E-state index contributed by atoms with van der Waals surface area (Å²) in [7, 11) is 1.65. The number of pyridine rings is 1. The van der Waals surface area contributed by atoms with Crippen molar-refractivity contribution in [3.8, 4) is 22.4 Å². The van der Waals surface area contributed by atoms with Gasteiger partial charge >= 0.3 is 5.97 Å². The first-order valence-corrected chi connectivity index (χ1v) is 25.7. The van der Waals surface area contributed by atoms with Crippen molar-refractivity contribution in [1.29, 1.82) is 0 Å². The van der Waals surface area contributed by atoms with E-state index in [9.17, 15) is 19.2 Å². The minimum absolute atomic E-state index is 0.0532. The van der Waals surface area contributed by atoms with Crippen molar-refractivity contribution >= 4 is 40.5 Å². The summed E-state index contributed by atoms with van der Waals surface area (Å²) in [5.74, 6) is -2.33. The highest BCUT2D eigenvalue weighted by atomic mass is 19.3. The van der Waals surface area contributed by atoms with Crippen molar-refractivity contribution in [2.75, 3.05) is 46.6 Å². The molecule has 1 aliphatic carbocycles. The minimum atomic E-state index is -2.86. The van der Waals surface area contributed by atoms with Gasteiger partial charge in [0.2, 0.25) is 11.8 Å². The van der Waals surface area contributed by atoms with Gasteiger partial charge < -0.3 is 39.2 Å². The number of hydrazine groups is 1. The van der Waals surface area contributed by atoms with Crippen LogP contribution in [0.4, 0.5) is 8.78 Å². The van der Waals surface area contributed by atoms with Crippen LogP contribution >= 0.6 is 0 Å². The summed E-state index contributed by atoms with van der Waals surface area (Å²) in [5.41, 5.74) is 7.03. The smallest absolute Gasteiger partial charge is 0.324 e. The molecule has 3 N–H and O–H groups in total. The molecule has 4 aromatic rings. The highest BCUT2D eigenvalue weighted by molar-refractivity contribution is 5.97. The van der Waals surface area contributed by atoms with Gasteiger partial charge in [-0.3, -0.25) is 34.0 Å². The zero-order valence-electron chi connectivity index (χ0n) is 41.8. The Morgan fingerprint density at radius 2 is 1.81 bits per heavy atom. The summed E-state index contributed by atoms with van der Waals surface area (Å²) in [6.45, 7) is 9.83. The Morgan fingerprint density at radius 3 is 2.54 bits per heavy atom. The molecule has 72 heavy (non-hydrogen) atoms. The number of nitrogens with one attached hydrogen (secondary N) is 3. The number of alkyl halides is 2. The monoisotopic (exact) mass is 992 g/mol. The number of methoxy groups -OCH3 is 1. The van der Waals surface area contributed by atoms with Crippen molar-refractivity contribution in [3.63, 3.8) is 0 Å². The number of ether oxygens (including phenoxy) is 3.